The molecule has 4 heteroatoms. The molecule has 2 saturated heterocycles. The Hall–Kier alpha value is -1.10. The van der Waals surface area contributed by atoms with E-state index in [1.54, 1.807) is 0 Å². The van der Waals surface area contributed by atoms with Crippen LogP contribution in [0.5, 0.6) is 0 Å². The van der Waals surface area contributed by atoms with E-state index in [-0.39, 0.29) is 0 Å². The molecule has 1 aromatic rings. The number of benzene rings is 1. The summed E-state index contributed by atoms with van der Waals surface area (Å²) in [5, 5.41) is 3.62. The molecule has 4 nitrogen and oxygen atoms in total. The van der Waals surface area contributed by atoms with Crippen molar-refractivity contribution in [2.75, 3.05) is 57.8 Å². The second-order valence-electron chi connectivity index (χ2n) is 7.00. The Morgan fingerprint density at radius 3 is 2.39 bits per heavy atom. The predicted octanol–water partition coefficient (Wildman–Crippen LogP) is 2.01. The topological polar surface area (TPSA) is 21.8 Å². The summed E-state index contributed by atoms with van der Waals surface area (Å²) in [6.45, 7) is 11.5. The van der Waals surface area contributed by atoms with Crippen molar-refractivity contribution in [3.05, 3.63) is 29.8 Å². The van der Waals surface area contributed by atoms with Gasteiger partial charge in [-0.05, 0) is 50.7 Å². The van der Waals surface area contributed by atoms with Crippen molar-refractivity contribution in [1.29, 1.82) is 0 Å². The summed E-state index contributed by atoms with van der Waals surface area (Å²) in [4.78, 5) is 7.51. The van der Waals surface area contributed by atoms with Gasteiger partial charge in [-0.3, -0.25) is 0 Å². The van der Waals surface area contributed by atoms with Crippen molar-refractivity contribution < 1.29 is 0 Å². The van der Waals surface area contributed by atoms with E-state index in [0.717, 1.165) is 32.2 Å². The highest BCUT2D eigenvalue weighted by atomic mass is 15.3. The molecule has 128 valence electrons. The molecule has 0 radical (unpaired) electrons. The molecule has 0 saturated carbocycles. The van der Waals surface area contributed by atoms with Crippen LogP contribution in [0, 0.1) is 0 Å². The Bertz CT molecular complexity index is 465. The lowest BCUT2D eigenvalue weighted by Crippen LogP contribution is -2.46. The highest BCUT2D eigenvalue weighted by Crippen LogP contribution is 2.18. The van der Waals surface area contributed by atoms with E-state index < -0.39 is 0 Å². The highest BCUT2D eigenvalue weighted by Gasteiger charge is 2.20. The molecule has 23 heavy (non-hydrogen) atoms. The Balaban J connectivity index is 1.44. The minimum absolute atomic E-state index is 0.726. The SMILES string of the molecule is CCN1CCN(c2ccc(CNCC3CCCN3C)cc2)CC1. The average molecular weight is 316 g/mol. The van der Waals surface area contributed by atoms with Gasteiger partial charge in [-0.2, -0.15) is 0 Å². The van der Waals surface area contributed by atoms with Crippen LogP contribution in [0.2, 0.25) is 0 Å². The lowest BCUT2D eigenvalue weighted by atomic mass is 10.1. The zero-order chi connectivity index (χ0) is 16.1. The van der Waals surface area contributed by atoms with Crippen molar-refractivity contribution in [3.63, 3.8) is 0 Å². The molecule has 2 heterocycles. The predicted molar refractivity (Wildman–Crippen MR) is 98.1 cm³/mol. The Morgan fingerprint density at radius 1 is 1.04 bits per heavy atom. The summed E-state index contributed by atoms with van der Waals surface area (Å²) in [7, 11) is 2.24. The second-order valence-corrected chi connectivity index (χ2v) is 7.00. The van der Waals surface area contributed by atoms with Crippen molar-refractivity contribution in [2.45, 2.75) is 32.4 Å². The first-order valence-electron chi connectivity index (χ1n) is 9.23. The van der Waals surface area contributed by atoms with Gasteiger partial charge < -0.3 is 20.0 Å². The zero-order valence-electron chi connectivity index (χ0n) is 14.8. The molecule has 0 amide bonds. The van der Waals surface area contributed by atoms with E-state index in [2.05, 4.69) is 58.3 Å². The maximum absolute atomic E-state index is 3.62. The van der Waals surface area contributed by atoms with E-state index in [1.807, 2.05) is 0 Å². The van der Waals surface area contributed by atoms with Crippen molar-refractivity contribution in [1.82, 2.24) is 15.1 Å². The van der Waals surface area contributed by atoms with Gasteiger partial charge >= 0.3 is 0 Å². The molecule has 0 spiro atoms. The first-order chi connectivity index (χ1) is 11.3. The second kappa shape index (κ2) is 8.13. The third-order valence-corrected chi connectivity index (χ3v) is 5.50. The van der Waals surface area contributed by atoms with E-state index in [1.165, 1.54) is 50.3 Å². The molecule has 0 aromatic heterocycles. The molecule has 1 aromatic carbocycles. The van der Waals surface area contributed by atoms with Gasteiger partial charge in [-0.15, -0.1) is 0 Å². The van der Waals surface area contributed by atoms with Crippen LogP contribution in [0.15, 0.2) is 24.3 Å². The molecule has 2 fully saturated rings. The smallest absolute Gasteiger partial charge is 0.0367 e. The fourth-order valence-electron chi connectivity index (χ4n) is 3.77. The number of anilines is 1. The summed E-state index contributed by atoms with van der Waals surface area (Å²) >= 11 is 0. The number of nitrogens with zero attached hydrogens (tertiary/aromatic N) is 3. The molecular formula is C19H32N4. The zero-order valence-corrected chi connectivity index (χ0v) is 14.8. The standard InChI is InChI=1S/C19H32N4/c1-3-22-11-13-23(14-12-22)18-8-6-17(7-9-18)15-20-16-19-5-4-10-21(19)2/h6-9,19-20H,3-5,10-16H2,1-2H3. The van der Waals surface area contributed by atoms with Gasteiger partial charge in [0.1, 0.15) is 0 Å². The number of rotatable bonds is 6. The van der Waals surface area contributed by atoms with Crippen LogP contribution in [0.1, 0.15) is 25.3 Å². The Kier molecular flexibility index (Phi) is 5.92. The van der Waals surface area contributed by atoms with Gasteiger partial charge in [0, 0.05) is 51.0 Å². The van der Waals surface area contributed by atoms with E-state index in [0.29, 0.717) is 0 Å². The summed E-state index contributed by atoms with van der Waals surface area (Å²) in [5.41, 5.74) is 2.77. The average Bonchev–Trinajstić information content (AvgIpc) is 3.01. The normalized spacial score (nSPS) is 23.6. The molecule has 3 rings (SSSR count). The van der Waals surface area contributed by atoms with Crippen molar-refractivity contribution in [2.24, 2.45) is 0 Å². The Morgan fingerprint density at radius 2 is 1.78 bits per heavy atom. The van der Waals surface area contributed by atoms with Crippen LogP contribution < -0.4 is 10.2 Å². The summed E-state index contributed by atoms with van der Waals surface area (Å²) in [6.07, 6.45) is 2.69. The van der Waals surface area contributed by atoms with Crippen LogP contribution in [-0.4, -0.2) is 68.7 Å². The van der Waals surface area contributed by atoms with Gasteiger partial charge in [-0.1, -0.05) is 19.1 Å². The van der Waals surface area contributed by atoms with Gasteiger partial charge in [0.25, 0.3) is 0 Å². The largest absolute Gasteiger partial charge is 0.369 e. The van der Waals surface area contributed by atoms with Gasteiger partial charge in [0.05, 0.1) is 0 Å². The molecule has 0 bridgehead atoms. The quantitative estimate of drug-likeness (QED) is 0.866. The third kappa shape index (κ3) is 4.46. The maximum atomic E-state index is 3.62. The highest BCUT2D eigenvalue weighted by molar-refractivity contribution is 5.48. The van der Waals surface area contributed by atoms with Crippen molar-refractivity contribution in [3.8, 4) is 0 Å². The lowest BCUT2D eigenvalue weighted by molar-refractivity contribution is 0.271. The van der Waals surface area contributed by atoms with E-state index in [4.69, 9.17) is 0 Å². The first kappa shape index (κ1) is 16.7. The third-order valence-electron chi connectivity index (χ3n) is 5.50. The Labute approximate surface area is 141 Å². The minimum atomic E-state index is 0.726. The summed E-state index contributed by atoms with van der Waals surface area (Å²) in [5.74, 6) is 0. The van der Waals surface area contributed by atoms with Gasteiger partial charge in [0.2, 0.25) is 0 Å². The molecule has 1 N–H and O–H groups in total. The first-order valence-corrected chi connectivity index (χ1v) is 9.23. The van der Waals surface area contributed by atoms with Crippen molar-refractivity contribution >= 4 is 5.69 Å². The fraction of sp³-hybridized carbons (Fsp3) is 0.684. The van der Waals surface area contributed by atoms with E-state index >= 15 is 0 Å². The number of hydrogen-bond acceptors (Lipinski definition) is 4. The maximum Gasteiger partial charge on any atom is 0.0367 e. The fourth-order valence-corrected chi connectivity index (χ4v) is 3.77. The molecule has 1 unspecified atom stereocenters. The molecule has 1 atom stereocenters. The molecule has 0 aliphatic carbocycles. The summed E-state index contributed by atoms with van der Waals surface area (Å²) < 4.78 is 0. The molecule has 2 aliphatic heterocycles. The van der Waals surface area contributed by atoms with Crippen LogP contribution in [0.3, 0.4) is 0 Å². The lowest BCUT2D eigenvalue weighted by Gasteiger charge is -2.35. The van der Waals surface area contributed by atoms with E-state index in [9.17, 15) is 0 Å². The number of likely N-dealkylation sites (tertiary alicyclic amines) is 1. The van der Waals surface area contributed by atoms with Gasteiger partial charge in [-0.25, -0.2) is 0 Å². The molecule has 2 aliphatic rings. The van der Waals surface area contributed by atoms with Crippen LogP contribution in [-0.2, 0) is 6.54 Å². The van der Waals surface area contributed by atoms with Gasteiger partial charge in [0.15, 0.2) is 0 Å². The number of nitrogens with one attached hydrogen (secondary N) is 1. The summed E-state index contributed by atoms with van der Waals surface area (Å²) in [6, 6.07) is 9.88. The number of piperazine rings is 1. The monoisotopic (exact) mass is 316 g/mol. The number of likely N-dealkylation sites (N-methyl/N-ethyl adjacent to an activating group) is 2. The number of hydrogen-bond donors (Lipinski definition) is 1. The van der Waals surface area contributed by atoms with Crippen LogP contribution in [0.25, 0.3) is 0 Å². The van der Waals surface area contributed by atoms with Crippen LogP contribution in [0.4, 0.5) is 5.69 Å². The van der Waals surface area contributed by atoms with Crippen LogP contribution >= 0.6 is 0 Å². The minimum Gasteiger partial charge on any atom is -0.369 e. The molecular weight excluding hydrogens is 284 g/mol.